The van der Waals surface area contributed by atoms with Crippen LogP contribution in [0.1, 0.15) is 19.8 Å². The third-order valence-corrected chi connectivity index (χ3v) is 3.52. The highest BCUT2D eigenvalue weighted by molar-refractivity contribution is 5.77. The predicted octanol–water partition coefficient (Wildman–Crippen LogP) is 0.842. The van der Waals surface area contributed by atoms with Gasteiger partial charge in [-0.05, 0) is 32.9 Å². The molecule has 0 aromatic carbocycles. The zero-order chi connectivity index (χ0) is 12.3. The summed E-state index contributed by atoms with van der Waals surface area (Å²) in [4.78, 5) is 17.7. The summed E-state index contributed by atoms with van der Waals surface area (Å²) in [5.74, 6) is 6.30. The fourth-order valence-electron chi connectivity index (χ4n) is 2.45. The van der Waals surface area contributed by atoms with E-state index in [0.717, 1.165) is 13.1 Å². The van der Waals surface area contributed by atoms with Gasteiger partial charge < -0.3 is 9.80 Å². The van der Waals surface area contributed by atoms with Crippen molar-refractivity contribution in [2.75, 3.05) is 39.8 Å². The van der Waals surface area contributed by atoms with E-state index in [1.165, 1.54) is 25.9 Å². The van der Waals surface area contributed by atoms with Crippen molar-refractivity contribution in [2.45, 2.75) is 25.8 Å². The summed E-state index contributed by atoms with van der Waals surface area (Å²) in [6, 6.07) is 0.390. The van der Waals surface area contributed by atoms with Gasteiger partial charge in [-0.25, -0.2) is 4.79 Å². The molecule has 0 saturated carbocycles. The van der Waals surface area contributed by atoms with Crippen molar-refractivity contribution >= 4 is 6.03 Å². The summed E-state index contributed by atoms with van der Waals surface area (Å²) < 4.78 is 0. The van der Waals surface area contributed by atoms with E-state index in [4.69, 9.17) is 0 Å². The Morgan fingerprint density at radius 3 is 2.47 bits per heavy atom. The molecule has 1 unspecified atom stereocenters. The Balaban J connectivity index is 1.77. The fourth-order valence-corrected chi connectivity index (χ4v) is 2.45. The molecule has 0 aromatic rings. The van der Waals surface area contributed by atoms with Crippen molar-refractivity contribution in [3.05, 3.63) is 0 Å². The van der Waals surface area contributed by atoms with E-state index in [2.05, 4.69) is 23.7 Å². The predicted molar refractivity (Wildman–Crippen MR) is 67.6 cm³/mol. The molecule has 0 radical (unpaired) electrons. The van der Waals surface area contributed by atoms with E-state index in [1.807, 2.05) is 11.9 Å². The maximum atomic E-state index is 11.7. The molecule has 0 N–H and O–H groups in total. The second-order valence-electron chi connectivity index (χ2n) is 4.98. The molecule has 2 saturated heterocycles. The van der Waals surface area contributed by atoms with E-state index in [1.54, 1.807) is 4.90 Å². The fraction of sp³-hybridized carbons (Fsp3) is 0.769. The van der Waals surface area contributed by atoms with Gasteiger partial charge in [-0.3, -0.25) is 4.90 Å². The first-order valence-corrected chi connectivity index (χ1v) is 6.38. The molecule has 2 rings (SSSR count). The molecular formula is C13H21N3O. The summed E-state index contributed by atoms with van der Waals surface area (Å²) in [5, 5.41) is 0. The standard InChI is InChI=1S/C13H21N3O/c1-12-11-14(2)13(17)16(12)10-6-5-9-15-7-3-4-8-15/h12H,3-4,7-11H2,1-2H3. The summed E-state index contributed by atoms with van der Waals surface area (Å²) in [5.41, 5.74) is 0. The normalized spacial score (nSPS) is 25.3. The number of amides is 2. The van der Waals surface area contributed by atoms with Gasteiger partial charge in [0.2, 0.25) is 0 Å². The highest BCUT2D eigenvalue weighted by Crippen LogP contribution is 2.12. The van der Waals surface area contributed by atoms with Gasteiger partial charge in [0.15, 0.2) is 0 Å². The van der Waals surface area contributed by atoms with Gasteiger partial charge in [0.25, 0.3) is 0 Å². The summed E-state index contributed by atoms with van der Waals surface area (Å²) >= 11 is 0. The van der Waals surface area contributed by atoms with Crippen molar-refractivity contribution in [1.82, 2.24) is 14.7 Å². The number of hydrogen-bond acceptors (Lipinski definition) is 2. The highest BCUT2D eigenvalue weighted by atomic mass is 16.2. The molecule has 2 heterocycles. The van der Waals surface area contributed by atoms with Crippen LogP contribution in [0.4, 0.5) is 4.79 Å². The van der Waals surface area contributed by atoms with Crippen molar-refractivity contribution in [3.63, 3.8) is 0 Å². The van der Waals surface area contributed by atoms with Gasteiger partial charge in [-0.2, -0.15) is 0 Å². The number of hydrogen-bond donors (Lipinski definition) is 0. The van der Waals surface area contributed by atoms with Crippen molar-refractivity contribution < 1.29 is 4.79 Å². The minimum atomic E-state index is 0.105. The van der Waals surface area contributed by atoms with Crippen LogP contribution in [0.25, 0.3) is 0 Å². The first kappa shape index (κ1) is 12.3. The molecule has 4 nitrogen and oxygen atoms in total. The van der Waals surface area contributed by atoms with E-state index >= 15 is 0 Å². The maximum Gasteiger partial charge on any atom is 0.320 e. The van der Waals surface area contributed by atoms with Crippen LogP contribution in [0.3, 0.4) is 0 Å². The minimum absolute atomic E-state index is 0.105. The molecule has 2 fully saturated rings. The Labute approximate surface area is 104 Å². The van der Waals surface area contributed by atoms with Gasteiger partial charge in [0.1, 0.15) is 0 Å². The molecular weight excluding hydrogens is 214 g/mol. The highest BCUT2D eigenvalue weighted by Gasteiger charge is 2.30. The van der Waals surface area contributed by atoms with Crippen LogP contribution in [0.15, 0.2) is 0 Å². The topological polar surface area (TPSA) is 26.8 Å². The van der Waals surface area contributed by atoms with Crippen LogP contribution in [-0.4, -0.2) is 66.5 Å². The molecule has 2 aliphatic heterocycles. The number of urea groups is 1. The van der Waals surface area contributed by atoms with E-state index in [9.17, 15) is 4.79 Å². The average Bonchev–Trinajstić information content (AvgIpc) is 2.87. The van der Waals surface area contributed by atoms with E-state index in [0.29, 0.717) is 6.54 Å². The molecule has 1 atom stereocenters. The third kappa shape index (κ3) is 2.92. The lowest BCUT2D eigenvalue weighted by atomic mass is 10.3. The Bertz CT molecular complexity index is 338. The number of likely N-dealkylation sites (N-methyl/N-ethyl adjacent to an activating group) is 1. The van der Waals surface area contributed by atoms with Gasteiger partial charge in [-0.1, -0.05) is 11.8 Å². The Hall–Kier alpha value is -1.21. The van der Waals surface area contributed by atoms with Gasteiger partial charge >= 0.3 is 6.03 Å². The number of rotatable bonds is 2. The summed E-state index contributed by atoms with van der Waals surface area (Å²) in [7, 11) is 1.84. The zero-order valence-corrected chi connectivity index (χ0v) is 10.8. The smallest absolute Gasteiger partial charge is 0.320 e. The van der Waals surface area contributed by atoms with E-state index < -0.39 is 0 Å². The van der Waals surface area contributed by atoms with Crippen molar-refractivity contribution in [3.8, 4) is 11.8 Å². The molecule has 0 aromatic heterocycles. The number of likely N-dealkylation sites (tertiary alicyclic amines) is 1. The van der Waals surface area contributed by atoms with Gasteiger partial charge in [0.05, 0.1) is 13.1 Å². The molecule has 4 heteroatoms. The number of carbonyl (C=O) groups excluding carboxylic acids is 1. The van der Waals surface area contributed by atoms with Crippen molar-refractivity contribution in [1.29, 1.82) is 0 Å². The molecule has 0 spiro atoms. The minimum Gasteiger partial charge on any atom is -0.326 e. The van der Waals surface area contributed by atoms with Gasteiger partial charge in [-0.15, -0.1) is 0 Å². The second kappa shape index (κ2) is 5.42. The second-order valence-corrected chi connectivity index (χ2v) is 4.98. The Morgan fingerprint density at radius 1 is 1.24 bits per heavy atom. The number of carbonyl (C=O) groups is 1. The summed E-state index contributed by atoms with van der Waals surface area (Å²) in [6.45, 7) is 6.66. The molecule has 2 amide bonds. The van der Waals surface area contributed by atoms with E-state index in [-0.39, 0.29) is 12.1 Å². The first-order chi connectivity index (χ1) is 8.18. The summed E-state index contributed by atoms with van der Waals surface area (Å²) in [6.07, 6.45) is 2.60. The average molecular weight is 235 g/mol. The Morgan fingerprint density at radius 2 is 1.88 bits per heavy atom. The van der Waals surface area contributed by atoms with Crippen molar-refractivity contribution in [2.24, 2.45) is 0 Å². The van der Waals surface area contributed by atoms with Crippen LogP contribution in [0.2, 0.25) is 0 Å². The van der Waals surface area contributed by atoms with Crippen LogP contribution in [0, 0.1) is 11.8 Å². The maximum absolute atomic E-state index is 11.7. The molecule has 17 heavy (non-hydrogen) atoms. The van der Waals surface area contributed by atoms with Crippen LogP contribution >= 0.6 is 0 Å². The molecule has 0 bridgehead atoms. The number of nitrogens with zero attached hydrogens (tertiary/aromatic N) is 3. The molecule has 94 valence electrons. The monoisotopic (exact) mass is 235 g/mol. The SMILES string of the molecule is CC1CN(C)C(=O)N1CC#CCN1CCCC1. The van der Waals surface area contributed by atoms with Crippen LogP contribution in [-0.2, 0) is 0 Å². The first-order valence-electron chi connectivity index (χ1n) is 6.38. The quantitative estimate of drug-likeness (QED) is 0.663. The lowest BCUT2D eigenvalue weighted by molar-refractivity contribution is 0.198. The Kier molecular flexibility index (Phi) is 3.90. The molecule has 0 aliphatic carbocycles. The third-order valence-electron chi connectivity index (χ3n) is 3.52. The lowest BCUT2D eigenvalue weighted by Crippen LogP contribution is -2.33. The zero-order valence-electron chi connectivity index (χ0n) is 10.8. The van der Waals surface area contributed by atoms with Crippen LogP contribution < -0.4 is 0 Å². The molecule has 2 aliphatic rings. The van der Waals surface area contributed by atoms with Crippen LogP contribution in [0.5, 0.6) is 0 Å². The lowest BCUT2D eigenvalue weighted by Gasteiger charge is -2.16. The van der Waals surface area contributed by atoms with Gasteiger partial charge in [0, 0.05) is 19.6 Å². The largest absolute Gasteiger partial charge is 0.326 e.